The number of nitrogens with zero attached hydrogens (tertiary/aromatic N) is 2. The summed E-state index contributed by atoms with van der Waals surface area (Å²) in [5.41, 5.74) is 5.59. The van der Waals surface area contributed by atoms with Crippen molar-refractivity contribution >= 4 is 28.8 Å². The predicted octanol–water partition coefficient (Wildman–Crippen LogP) is 2.62. The summed E-state index contributed by atoms with van der Waals surface area (Å²) in [7, 11) is 0. The number of hydrogen-bond donors (Lipinski definition) is 2. The molecule has 2 aromatic rings. The number of aromatic nitrogens is 2. The van der Waals surface area contributed by atoms with E-state index in [9.17, 15) is 0 Å². The summed E-state index contributed by atoms with van der Waals surface area (Å²) in [6.45, 7) is 2.66. The van der Waals surface area contributed by atoms with Crippen molar-refractivity contribution in [2.75, 3.05) is 5.73 Å². The monoisotopic (exact) mass is 268 g/mol. The molecule has 0 amide bonds. The third kappa shape index (κ3) is 3.39. The minimum Gasteiger partial charge on any atom is -0.384 e. The molecule has 6 heteroatoms. The highest BCUT2D eigenvalue weighted by Gasteiger charge is 2.08. The van der Waals surface area contributed by atoms with Gasteiger partial charge in [-0.1, -0.05) is 11.6 Å². The number of rotatable bonds is 4. The molecule has 0 aliphatic carbocycles. The van der Waals surface area contributed by atoms with Crippen LogP contribution in [0.5, 0.6) is 0 Å². The lowest BCUT2D eigenvalue weighted by Gasteiger charge is -2.11. The summed E-state index contributed by atoms with van der Waals surface area (Å²) in [5, 5.41) is 3.33. The van der Waals surface area contributed by atoms with E-state index in [0.29, 0.717) is 18.2 Å². The Morgan fingerprint density at radius 1 is 1.47 bits per heavy atom. The van der Waals surface area contributed by atoms with Crippen LogP contribution in [0.3, 0.4) is 0 Å². The van der Waals surface area contributed by atoms with Crippen LogP contribution in [-0.4, -0.2) is 9.97 Å². The maximum absolute atomic E-state index is 5.89. The Morgan fingerprint density at radius 2 is 2.29 bits per heavy atom. The van der Waals surface area contributed by atoms with Gasteiger partial charge in [-0.2, -0.15) is 0 Å². The first-order valence-corrected chi connectivity index (χ1v) is 6.40. The summed E-state index contributed by atoms with van der Waals surface area (Å²) in [4.78, 5) is 9.45. The first kappa shape index (κ1) is 12.3. The van der Waals surface area contributed by atoms with Crippen LogP contribution in [0, 0.1) is 0 Å². The summed E-state index contributed by atoms with van der Waals surface area (Å²) < 4.78 is 0.800. The van der Waals surface area contributed by atoms with Crippen LogP contribution in [0.2, 0.25) is 4.34 Å². The Balaban J connectivity index is 1.94. The average Bonchev–Trinajstić information content (AvgIpc) is 2.73. The van der Waals surface area contributed by atoms with Gasteiger partial charge >= 0.3 is 0 Å². The van der Waals surface area contributed by atoms with Gasteiger partial charge in [0, 0.05) is 17.1 Å². The fourth-order valence-corrected chi connectivity index (χ4v) is 2.49. The smallest absolute Gasteiger partial charge is 0.144 e. The molecule has 0 bridgehead atoms. The van der Waals surface area contributed by atoms with Crippen LogP contribution in [-0.2, 0) is 6.54 Å². The predicted molar refractivity (Wildman–Crippen MR) is 71.0 cm³/mol. The second kappa shape index (κ2) is 5.44. The molecular weight excluding hydrogens is 256 g/mol. The second-order valence-electron chi connectivity index (χ2n) is 3.64. The van der Waals surface area contributed by atoms with E-state index in [1.54, 1.807) is 23.6 Å². The molecule has 1 atom stereocenters. The number of thiophene rings is 1. The van der Waals surface area contributed by atoms with Crippen molar-refractivity contribution in [3.05, 3.63) is 39.4 Å². The molecule has 0 saturated carbocycles. The summed E-state index contributed by atoms with van der Waals surface area (Å²) >= 11 is 7.46. The van der Waals surface area contributed by atoms with E-state index < -0.39 is 0 Å². The first-order chi connectivity index (χ1) is 8.15. The normalized spacial score (nSPS) is 12.6. The molecule has 3 N–H and O–H groups in total. The Hall–Kier alpha value is -1.17. The van der Waals surface area contributed by atoms with Crippen molar-refractivity contribution in [1.29, 1.82) is 0 Å². The molecule has 90 valence electrons. The van der Waals surface area contributed by atoms with Gasteiger partial charge in [0.1, 0.15) is 11.6 Å². The first-order valence-electron chi connectivity index (χ1n) is 5.21. The van der Waals surface area contributed by atoms with Gasteiger partial charge in [-0.3, -0.25) is 0 Å². The minimum atomic E-state index is 0.220. The highest BCUT2D eigenvalue weighted by molar-refractivity contribution is 7.16. The van der Waals surface area contributed by atoms with Crippen molar-refractivity contribution in [3.63, 3.8) is 0 Å². The minimum absolute atomic E-state index is 0.220. The molecule has 0 aliphatic rings. The van der Waals surface area contributed by atoms with Gasteiger partial charge in [-0.15, -0.1) is 11.3 Å². The third-order valence-corrected chi connectivity index (χ3v) is 3.73. The summed E-state index contributed by atoms with van der Waals surface area (Å²) in [5.74, 6) is 1.18. The van der Waals surface area contributed by atoms with Crippen molar-refractivity contribution in [1.82, 2.24) is 15.3 Å². The highest BCUT2D eigenvalue weighted by Crippen LogP contribution is 2.26. The van der Waals surface area contributed by atoms with Crippen LogP contribution in [0.4, 0.5) is 5.82 Å². The standard InChI is InChI=1S/C11H13ClN4S/c1-7(8-2-3-9(12)17-8)15-6-11-14-5-4-10(13)16-11/h2-5,7,15H,6H2,1H3,(H2,13,14,16). The van der Waals surface area contributed by atoms with Gasteiger partial charge < -0.3 is 11.1 Å². The molecule has 0 aromatic carbocycles. The highest BCUT2D eigenvalue weighted by atomic mass is 35.5. The van der Waals surface area contributed by atoms with Crippen LogP contribution in [0.1, 0.15) is 23.7 Å². The molecule has 0 fully saturated rings. The molecule has 2 rings (SSSR count). The van der Waals surface area contributed by atoms with Crippen molar-refractivity contribution in [2.24, 2.45) is 0 Å². The lowest BCUT2D eigenvalue weighted by Crippen LogP contribution is -2.19. The topological polar surface area (TPSA) is 63.8 Å². The van der Waals surface area contributed by atoms with Gasteiger partial charge in [0.25, 0.3) is 0 Å². The van der Waals surface area contributed by atoms with E-state index in [4.69, 9.17) is 17.3 Å². The SMILES string of the molecule is CC(NCc1nccc(N)n1)c1ccc(Cl)s1. The van der Waals surface area contributed by atoms with E-state index >= 15 is 0 Å². The summed E-state index contributed by atoms with van der Waals surface area (Å²) in [6.07, 6.45) is 1.66. The maximum Gasteiger partial charge on any atom is 0.144 e. The second-order valence-corrected chi connectivity index (χ2v) is 5.39. The van der Waals surface area contributed by atoms with Crippen LogP contribution < -0.4 is 11.1 Å². The molecule has 0 radical (unpaired) electrons. The zero-order valence-electron chi connectivity index (χ0n) is 9.35. The fourth-order valence-electron chi connectivity index (χ4n) is 1.41. The molecule has 2 aromatic heterocycles. The molecule has 1 unspecified atom stereocenters. The zero-order chi connectivity index (χ0) is 12.3. The zero-order valence-corrected chi connectivity index (χ0v) is 10.9. The van der Waals surface area contributed by atoms with Gasteiger partial charge in [-0.25, -0.2) is 9.97 Å². The molecule has 17 heavy (non-hydrogen) atoms. The third-order valence-electron chi connectivity index (χ3n) is 2.31. The molecular formula is C11H13ClN4S. The summed E-state index contributed by atoms with van der Waals surface area (Å²) in [6, 6.07) is 5.81. The average molecular weight is 269 g/mol. The number of halogens is 1. The van der Waals surface area contributed by atoms with Crippen LogP contribution >= 0.6 is 22.9 Å². The number of anilines is 1. The molecule has 0 saturated heterocycles. The van der Waals surface area contributed by atoms with Crippen molar-refractivity contribution in [3.8, 4) is 0 Å². The van der Waals surface area contributed by atoms with E-state index in [2.05, 4.69) is 22.2 Å². The number of hydrogen-bond acceptors (Lipinski definition) is 5. The number of nitrogens with one attached hydrogen (secondary N) is 1. The fraction of sp³-hybridized carbons (Fsp3) is 0.273. The van der Waals surface area contributed by atoms with Gasteiger partial charge in [0.2, 0.25) is 0 Å². The largest absolute Gasteiger partial charge is 0.384 e. The quantitative estimate of drug-likeness (QED) is 0.895. The van der Waals surface area contributed by atoms with Crippen molar-refractivity contribution < 1.29 is 0 Å². The Kier molecular flexibility index (Phi) is 3.93. The number of nitrogens with two attached hydrogens (primary N) is 1. The van der Waals surface area contributed by atoms with E-state index in [0.717, 1.165) is 4.34 Å². The van der Waals surface area contributed by atoms with Crippen LogP contribution in [0.25, 0.3) is 0 Å². The Morgan fingerprint density at radius 3 is 2.94 bits per heavy atom. The number of nitrogen functional groups attached to an aromatic ring is 1. The molecule has 4 nitrogen and oxygen atoms in total. The molecule has 0 aliphatic heterocycles. The van der Waals surface area contributed by atoms with Gasteiger partial charge in [0.05, 0.1) is 10.9 Å². The van der Waals surface area contributed by atoms with E-state index in [1.165, 1.54) is 4.88 Å². The van der Waals surface area contributed by atoms with Gasteiger partial charge in [-0.05, 0) is 25.1 Å². The Bertz CT molecular complexity index is 500. The lowest BCUT2D eigenvalue weighted by molar-refractivity contribution is 0.567. The van der Waals surface area contributed by atoms with Gasteiger partial charge in [0.15, 0.2) is 0 Å². The maximum atomic E-state index is 5.89. The van der Waals surface area contributed by atoms with E-state index in [-0.39, 0.29) is 6.04 Å². The molecule has 2 heterocycles. The Labute approximate surface area is 109 Å². The molecule has 0 spiro atoms. The lowest BCUT2D eigenvalue weighted by atomic mass is 10.3. The van der Waals surface area contributed by atoms with Crippen LogP contribution in [0.15, 0.2) is 24.4 Å². The van der Waals surface area contributed by atoms with Crippen molar-refractivity contribution in [2.45, 2.75) is 19.5 Å². The van der Waals surface area contributed by atoms with E-state index in [1.807, 2.05) is 12.1 Å².